The summed E-state index contributed by atoms with van der Waals surface area (Å²) in [6, 6.07) is 0.207. The Morgan fingerprint density at radius 3 is 2.57 bits per heavy atom. The van der Waals surface area contributed by atoms with E-state index in [1.54, 1.807) is 6.92 Å². The molecule has 5 nitrogen and oxygen atoms in total. The third-order valence-corrected chi connectivity index (χ3v) is 9.91. The van der Waals surface area contributed by atoms with Crippen molar-refractivity contribution < 1.29 is 20.1 Å². The van der Waals surface area contributed by atoms with Crippen molar-refractivity contribution in [2.24, 2.45) is 23.2 Å². The maximum Gasteiger partial charge on any atom is 0.254 e. The van der Waals surface area contributed by atoms with Crippen LogP contribution in [0.25, 0.3) is 0 Å². The fourth-order valence-electron chi connectivity index (χ4n) is 8.21. The predicted molar refractivity (Wildman–Crippen MR) is 140 cm³/mol. The third kappa shape index (κ3) is 4.93. The summed E-state index contributed by atoms with van der Waals surface area (Å²) in [4.78, 5) is 14.7. The molecule has 1 unspecified atom stereocenters. The van der Waals surface area contributed by atoms with E-state index in [9.17, 15) is 20.1 Å². The first kappa shape index (κ1) is 26.6. The minimum Gasteiger partial charge on any atom is -0.393 e. The lowest BCUT2D eigenvalue weighted by Crippen LogP contribution is -2.44. The van der Waals surface area contributed by atoms with Crippen molar-refractivity contribution in [3.05, 3.63) is 35.5 Å². The first-order valence-electron chi connectivity index (χ1n) is 13.8. The van der Waals surface area contributed by atoms with Gasteiger partial charge in [0.05, 0.1) is 12.2 Å². The second-order valence-electron chi connectivity index (χ2n) is 12.8. The van der Waals surface area contributed by atoms with Gasteiger partial charge in [0.2, 0.25) is 0 Å². The van der Waals surface area contributed by atoms with Crippen LogP contribution in [0.1, 0.15) is 92.4 Å². The average Bonchev–Trinajstić information content (AvgIpc) is 3.22. The van der Waals surface area contributed by atoms with Crippen LogP contribution < -0.4 is 0 Å². The van der Waals surface area contributed by atoms with Gasteiger partial charge in [-0.1, -0.05) is 38.2 Å². The molecule has 8 atom stereocenters. The van der Waals surface area contributed by atoms with Crippen LogP contribution >= 0.6 is 0 Å². The highest BCUT2D eigenvalue weighted by molar-refractivity contribution is 5.87. The zero-order valence-electron chi connectivity index (χ0n) is 22.5. The molecular formula is C30H47NO4. The Kier molecular flexibility index (Phi) is 7.45. The lowest BCUT2D eigenvalue weighted by Gasteiger charge is -2.45. The number of allylic oxidation sites excluding steroid dienone is 3. The first-order valence-corrected chi connectivity index (χ1v) is 13.8. The Labute approximate surface area is 212 Å². The van der Waals surface area contributed by atoms with Crippen molar-refractivity contribution in [2.75, 3.05) is 0 Å². The number of fused-ring (bicyclic) bond motifs is 1. The van der Waals surface area contributed by atoms with E-state index in [1.807, 2.05) is 4.90 Å². The minimum atomic E-state index is -1.24. The predicted octanol–water partition coefficient (Wildman–Crippen LogP) is 4.91. The molecule has 4 rings (SSSR count). The number of likely N-dealkylation sites (tertiary alicyclic amines) is 1. The molecule has 1 saturated heterocycles. The highest BCUT2D eigenvalue weighted by Gasteiger charge is 2.53. The maximum absolute atomic E-state index is 12.8. The monoisotopic (exact) mass is 485 g/mol. The summed E-state index contributed by atoms with van der Waals surface area (Å²) in [6.45, 7) is 14.7. The van der Waals surface area contributed by atoms with Gasteiger partial charge in [-0.25, -0.2) is 0 Å². The van der Waals surface area contributed by atoms with Crippen LogP contribution in [-0.4, -0.2) is 56.0 Å². The van der Waals surface area contributed by atoms with E-state index in [4.69, 9.17) is 0 Å². The fourth-order valence-corrected chi connectivity index (χ4v) is 8.21. The zero-order valence-corrected chi connectivity index (χ0v) is 22.5. The van der Waals surface area contributed by atoms with Crippen LogP contribution in [0.3, 0.4) is 0 Å². The number of aliphatic hydroxyl groups excluding tert-OH is 2. The lowest BCUT2D eigenvalue weighted by molar-refractivity contribution is -0.143. The van der Waals surface area contributed by atoms with Crippen LogP contribution in [0.5, 0.6) is 0 Å². The molecule has 0 radical (unpaired) electrons. The number of carbonyl (C=O) groups excluding carboxylic acids is 1. The van der Waals surface area contributed by atoms with Crippen molar-refractivity contribution in [1.82, 2.24) is 4.90 Å². The van der Waals surface area contributed by atoms with Gasteiger partial charge in [-0.2, -0.15) is 0 Å². The molecule has 0 aromatic rings. The summed E-state index contributed by atoms with van der Waals surface area (Å²) in [5.41, 5.74) is 2.24. The molecule has 196 valence electrons. The van der Waals surface area contributed by atoms with Gasteiger partial charge in [0.15, 0.2) is 0 Å². The second kappa shape index (κ2) is 9.79. The van der Waals surface area contributed by atoms with Crippen molar-refractivity contribution in [3.8, 4) is 0 Å². The molecule has 0 aromatic heterocycles. The van der Waals surface area contributed by atoms with Crippen LogP contribution in [0.2, 0.25) is 0 Å². The van der Waals surface area contributed by atoms with E-state index in [1.165, 1.54) is 31.3 Å². The maximum atomic E-state index is 12.8. The molecule has 3 aliphatic carbocycles. The van der Waals surface area contributed by atoms with Gasteiger partial charge in [-0.05, 0) is 100 Å². The molecular weight excluding hydrogens is 438 g/mol. The van der Waals surface area contributed by atoms with E-state index < -0.39 is 17.8 Å². The summed E-state index contributed by atoms with van der Waals surface area (Å²) in [7, 11) is 0. The summed E-state index contributed by atoms with van der Waals surface area (Å²) < 4.78 is 0. The van der Waals surface area contributed by atoms with Gasteiger partial charge in [0.25, 0.3) is 5.91 Å². The van der Waals surface area contributed by atoms with Gasteiger partial charge in [0, 0.05) is 24.9 Å². The Morgan fingerprint density at radius 1 is 1.17 bits per heavy atom. The van der Waals surface area contributed by atoms with E-state index >= 15 is 0 Å². The molecule has 4 fully saturated rings. The number of rotatable bonds is 5. The number of nitrogens with zero attached hydrogens (tertiary/aromatic N) is 1. The van der Waals surface area contributed by atoms with E-state index in [2.05, 4.69) is 46.4 Å². The standard InChI is InChI=1S/C30H47NO4/c1-18(2)31-23(17-30(6,35)28(31)34)14-19(3)25-11-12-26-21(8-7-13-29(25,26)5)9-10-22-15-24(32)16-27(33)20(22)4/h9-10,18-19,23-27,32-33,35H,4,7-8,11-17H2,1-3,5-6H3/b21-9+,22-10-/t19-,23+,24-,25-,26?,27+,29-,30-/m1/s1. The first-order chi connectivity index (χ1) is 16.3. The number of hydrogen-bond acceptors (Lipinski definition) is 4. The molecule has 0 spiro atoms. The lowest BCUT2D eigenvalue weighted by atomic mass is 9.60. The highest BCUT2D eigenvalue weighted by Crippen LogP contribution is 2.60. The summed E-state index contributed by atoms with van der Waals surface area (Å²) >= 11 is 0. The van der Waals surface area contributed by atoms with E-state index in [0.717, 1.165) is 24.0 Å². The molecule has 4 aliphatic rings. The van der Waals surface area contributed by atoms with Crippen LogP contribution in [0, 0.1) is 23.2 Å². The summed E-state index contributed by atoms with van der Waals surface area (Å²) in [5.74, 6) is 1.53. The number of amides is 1. The van der Waals surface area contributed by atoms with Gasteiger partial charge in [-0.3, -0.25) is 4.79 Å². The normalized spacial score (nSPS) is 43.5. The van der Waals surface area contributed by atoms with Crippen LogP contribution in [0.4, 0.5) is 0 Å². The van der Waals surface area contributed by atoms with Gasteiger partial charge in [0.1, 0.15) is 5.60 Å². The van der Waals surface area contributed by atoms with Crippen molar-refractivity contribution in [2.45, 2.75) is 122 Å². The largest absolute Gasteiger partial charge is 0.393 e. The average molecular weight is 486 g/mol. The topological polar surface area (TPSA) is 81.0 Å². The highest BCUT2D eigenvalue weighted by atomic mass is 16.3. The van der Waals surface area contributed by atoms with Crippen LogP contribution in [-0.2, 0) is 4.79 Å². The summed E-state index contributed by atoms with van der Waals surface area (Å²) in [5, 5.41) is 31.0. The second-order valence-corrected chi connectivity index (χ2v) is 12.8. The molecule has 1 heterocycles. The fraction of sp³-hybridized carbons (Fsp3) is 0.767. The molecule has 5 heteroatoms. The molecule has 0 aromatic carbocycles. The van der Waals surface area contributed by atoms with Gasteiger partial charge < -0.3 is 20.2 Å². The van der Waals surface area contributed by atoms with Crippen molar-refractivity contribution >= 4 is 5.91 Å². The molecule has 1 aliphatic heterocycles. The third-order valence-electron chi connectivity index (χ3n) is 9.91. The van der Waals surface area contributed by atoms with Crippen molar-refractivity contribution in [1.29, 1.82) is 0 Å². The smallest absolute Gasteiger partial charge is 0.254 e. The Morgan fingerprint density at radius 2 is 1.89 bits per heavy atom. The minimum absolute atomic E-state index is 0.101. The zero-order chi connectivity index (χ0) is 25.7. The number of aliphatic hydroxyl groups is 3. The molecule has 3 N–H and O–H groups in total. The Balaban J connectivity index is 1.50. The number of hydrogen-bond donors (Lipinski definition) is 3. The van der Waals surface area contributed by atoms with E-state index in [0.29, 0.717) is 37.0 Å². The van der Waals surface area contributed by atoms with E-state index in [-0.39, 0.29) is 23.4 Å². The SMILES string of the molecule is C=C1/C(=C\C=C2/CCC[C@@]3(C)C2CC[C@@H]3[C@H](C)C[C@H]2C[C@@](C)(O)C(=O)N2C(C)C)C[C@@H](O)C[C@@H]1O. The van der Waals surface area contributed by atoms with Gasteiger partial charge in [-0.15, -0.1) is 0 Å². The Bertz CT molecular complexity index is 902. The number of carbonyl (C=O) groups is 1. The van der Waals surface area contributed by atoms with Crippen LogP contribution in [0.15, 0.2) is 35.5 Å². The molecule has 1 amide bonds. The summed E-state index contributed by atoms with van der Waals surface area (Å²) in [6.07, 6.45) is 11.6. The quantitative estimate of drug-likeness (QED) is 0.517. The van der Waals surface area contributed by atoms with Gasteiger partial charge >= 0.3 is 0 Å². The molecule has 35 heavy (non-hydrogen) atoms. The Hall–Kier alpha value is -1.43. The van der Waals surface area contributed by atoms with Crippen molar-refractivity contribution in [3.63, 3.8) is 0 Å². The molecule has 0 bridgehead atoms. The molecule has 3 saturated carbocycles.